The molecule has 0 aliphatic carbocycles. The number of likely N-dealkylation sites (tertiary alicyclic amines) is 1. The van der Waals surface area contributed by atoms with Gasteiger partial charge in [-0.3, -0.25) is 9.59 Å². The van der Waals surface area contributed by atoms with Gasteiger partial charge in [-0.1, -0.05) is 44.2 Å². The van der Waals surface area contributed by atoms with E-state index in [4.69, 9.17) is 0 Å². The molecule has 2 amide bonds. The van der Waals surface area contributed by atoms with Crippen molar-refractivity contribution in [2.45, 2.75) is 57.5 Å². The van der Waals surface area contributed by atoms with Crippen LogP contribution in [0, 0.1) is 5.92 Å². The summed E-state index contributed by atoms with van der Waals surface area (Å²) in [7, 11) is -1.82. The largest absolute Gasteiger partial charge is 0.343 e. The first kappa shape index (κ1) is 24.3. The Morgan fingerprint density at radius 1 is 1.17 bits per heavy atom. The van der Waals surface area contributed by atoms with E-state index >= 15 is 0 Å². The van der Waals surface area contributed by atoms with Gasteiger partial charge in [0.2, 0.25) is 21.8 Å². The van der Waals surface area contributed by atoms with Gasteiger partial charge in [0.05, 0.1) is 11.8 Å². The third kappa shape index (κ3) is 6.78. The Labute approximate surface area is 179 Å². The summed E-state index contributed by atoms with van der Waals surface area (Å²) in [5.74, 6) is -0.571. The number of carbonyl (C=O) groups excluding carboxylic acids is 2. The molecule has 1 fully saturated rings. The number of nitrogens with one attached hydrogen (secondary N) is 3. The molecule has 0 spiro atoms. The highest BCUT2D eigenvalue weighted by Crippen LogP contribution is 2.20. The first-order valence-electron chi connectivity index (χ1n) is 10.4. The number of sulfonamides is 1. The summed E-state index contributed by atoms with van der Waals surface area (Å²) >= 11 is 0. The molecule has 0 radical (unpaired) electrons. The zero-order chi connectivity index (χ0) is 22.3. The minimum absolute atomic E-state index is 0.0819. The summed E-state index contributed by atoms with van der Waals surface area (Å²) in [4.78, 5) is 27.2. The van der Waals surface area contributed by atoms with Crippen molar-refractivity contribution in [1.82, 2.24) is 20.3 Å². The Morgan fingerprint density at radius 2 is 1.83 bits per heavy atom. The molecule has 1 heterocycles. The molecule has 1 aromatic rings. The number of amides is 2. The fraction of sp³-hybridized carbons (Fsp3) is 0.619. The summed E-state index contributed by atoms with van der Waals surface area (Å²) in [6.07, 6.45) is 1.54. The van der Waals surface area contributed by atoms with E-state index in [1.807, 2.05) is 19.9 Å². The van der Waals surface area contributed by atoms with Gasteiger partial charge in [0, 0.05) is 19.1 Å². The lowest BCUT2D eigenvalue weighted by Crippen LogP contribution is -2.56. The highest BCUT2D eigenvalue weighted by atomic mass is 32.2. The molecule has 0 aromatic heterocycles. The van der Waals surface area contributed by atoms with E-state index in [2.05, 4.69) is 15.4 Å². The maximum Gasteiger partial charge on any atom is 0.245 e. The maximum atomic E-state index is 13.2. The van der Waals surface area contributed by atoms with Crippen LogP contribution in [0.4, 0.5) is 0 Å². The van der Waals surface area contributed by atoms with Crippen LogP contribution in [0.25, 0.3) is 0 Å². The van der Waals surface area contributed by atoms with Crippen LogP contribution in [0.15, 0.2) is 30.3 Å². The fourth-order valence-electron chi connectivity index (χ4n) is 3.51. The lowest BCUT2D eigenvalue weighted by molar-refractivity contribution is -0.138. The van der Waals surface area contributed by atoms with E-state index in [9.17, 15) is 18.0 Å². The molecule has 168 valence electrons. The average Bonchev–Trinajstić information content (AvgIpc) is 3.18. The first-order chi connectivity index (χ1) is 14.1. The van der Waals surface area contributed by atoms with E-state index in [1.54, 1.807) is 43.1 Å². The molecule has 1 aliphatic rings. The van der Waals surface area contributed by atoms with E-state index in [0.717, 1.165) is 12.8 Å². The maximum absolute atomic E-state index is 13.2. The Kier molecular flexibility index (Phi) is 8.81. The van der Waals surface area contributed by atoms with Crippen molar-refractivity contribution in [2.24, 2.45) is 5.92 Å². The molecule has 1 aliphatic heterocycles. The molecule has 3 N–H and O–H groups in total. The second-order valence-corrected chi connectivity index (χ2v) is 9.97. The number of hydrogen-bond acceptors (Lipinski definition) is 5. The zero-order valence-electron chi connectivity index (χ0n) is 18.2. The van der Waals surface area contributed by atoms with Gasteiger partial charge in [0.25, 0.3) is 0 Å². The van der Waals surface area contributed by atoms with E-state index in [0.29, 0.717) is 12.1 Å². The van der Waals surface area contributed by atoms with Crippen LogP contribution in [0.3, 0.4) is 0 Å². The van der Waals surface area contributed by atoms with Crippen molar-refractivity contribution in [1.29, 1.82) is 0 Å². The van der Waals surface area contributed by atoms with Gasteiger partial charge >= 0.3 is 0 Å². The standard InChI is InChI=1S/C21H34N4O4S/c1-15(2)19(24-20(26)16(3)22-4)21(27)25-12-8-11-18(25)13-23-30(28,29)14-17-9-6-5-7-10-17/h5-7,9-10,15-16,18-19,22-23H,8,11-14H2,1-4H3,(H,24,26)/t16?,18?,19-/m0/s1. The molecule has 0 bridgehead atoms. The van der Waals surface area contributed by atoms with Gasteiger partial charge in [-0.05, 0) is 38.3 Å². The minimum atomic E-state index is -3.51. The van der Waals surface area contributed by atoms with Crippen molar-refractivity contribution >= 4 is 21.8 Å². The predicted molar refractivity (Wildman–Crippen MR) is 117 cm³/mol. The molecular weight excluding hydrogens is 404 g/mol. The van der Waals surface area contributed by atoms with Crippen molar-refractivity contribution in [3.63, 3.8) is 0 Å². The van der Waals surface area contributed by atoms with Gasteiger partial charge in [0.1, 0.15) is 6.04 Å². The van der Waals surface area contributed by atoms with Crippen molar-refractivity contribution in [3.05, 3.63) is 35.9 Å². The summed E-state index contributed by atoms with van der Waals surface area (Å²) in [6.45, 7) is 6.25. The topological polar surface area (TPSA) is 108 Å². The molecule has 2 rings (SSSR count). The van der Waals surface area contributed by atoms with Crippen LogP contribution in [0.1, 0.15) is 39.2 Å². The Bertz CT molecular complexity index is 814. The van der Waals surface area contributed by atoms with Crippen LogP contribution in [0.5, 0.6) is 0 Å². The van der Waals surface area contributed by atoms with Crippen molar-refractivity contribution < 1.29 is 18.0 Å². The molecule has 8 nitrogen and oxygen atoms in total. The van der Waals surface area contributed by atoms with Gasteiger partial charge in [0.15, 0.2) is 0 Å². The Morgan fingerprint density at radius 3 is 2.43 bits per heavy atom. The normalized spacial score (nSPS) is 19.0. The van der Waals surface area contributed by atoms with Gasteiger partial charge in [-0.2, -0.15) is 0 Å². The van der Waals surface area contributed by atoms with Gasteiger partial charge in [-0.15, -0.1) is 0 Å². The zero-order valence-corrected chi connectivity index (χ0v) is 19.0. The molecular formula is C21H34N4O4S. The minimum Gasteiger partial charge on any atom is -0.343 e. The van der Waals surface area contributed by atoms with E-state index in [-0.39, 0.29) is 36.1 Å². The molecule has 1 saturated heterocycles. The van der Waals surface area contributed by atoms with Crippen molar-refractivity contribution in [2.75, 3.05) is 20.1 Å². The third-order valence-electron chi connectivity index (χ3n) is 5.46. The smallest absolute Gasteiger partial charge is 0.245 e. The number of benzene rings is 1. The summed E-state index contributed by atoms with van der Waals surface area (Å²) in [5.41, 5.74) is 0.714. The highest BCUT2D eigenvalue weighted by Gasteiger charge is 2.36. The summed E-state index contributed by atoms with van der Waals surface area (Å²) in [5, 5.41) is 5.71. The molecule has 9 heteroatoms. The quantitative estimate of drug-likeness (QED) is 0.502. The number of rotatable bonds is 10. The highest BCUT2D eigenvalue weighted by molar-refractivity contribution is 7.88. The monoisotopic (exact) mass is 438 g/mol. The summed E-state index contributed by atoms with van der Waals surface area (Å²) in [6, 6.07) is 7.72. The molecule has 3 atom stereocenters. The Hall–Kier alpha value is -1.97. The lowest BCUT2D eigenvalue weighted by atomic mass is 10.0. The van der Waals surface area contributed by atoms with Gasteiger partial charge in [-0.25, -0.2) is 13.1 Å². The van der Waals surface area contributed by atoms with Crippen LogP contribution in [0.2, 0.25) is 0 Å². The molecule has 1 aromatic carbocycles. The second kappa shape index (κ2) is 10.9. The number of nitrogens with zero attached hydrogens (tertiary/aromatic N) is 1. The number of carbonyl (C=O) groups is 2. The number of hydrogen-bond donors (Lipinski definition) is 3. The van der Waals surface area contributed by atoms with Crippen LogP contribution < -0.4 is 15.4 Å². The van der Waals surface area contributed by atoms with Gasteiger partial charge < -0.3 is 15.5 Å². The SMILES string of the molecule is CNC(C)C(=O)N[C@H](C(=O)N1CCCC1CNS(=O)(=O)Cc1ccccc1)C(C)C. The van der Waals surface area contributed by atoms with Crippen LogP contribution >= 0.6 is 0 Å². The Balaban J connectivity index is 2.00. The third-order valence-corrected chi connectivity index (χ3v) is 6.78. The van der Waals surface area contributed by atoms with Crippen LogP contribution in [-0.2, 0) is 25.4 Å². The van der Waals surface area contributed by atoms with Crippen molar-refractivity contribution in [3.8, 4) is 0 Å². The second-order valence-electron chi connectivity index (χ2n) is 8.16. The molecule has 2 unspecified atom stereocenters. The summed E-state index contributed by atoms with van der Waals surface area (Å²) < 4.78 is 27.6. The molecule has 0 saturated carbocycles. The lowest BCUT2D eigenvalue weighted by Gasteiger charge is -2.31. The molecule has 30 heavy (non-hydrogen) atoms. The van der Waals surface area contributed by atoms with E-state index in [1.165, 1.54) is 0 Å². The first-order valence-corrected chi connectivity index (χ1v) is 12.1. The predicted octanol–water partition coefficient (Wildman–Crippen LogP) is 0.846. The van der Waals surface area contributed by atoms with Crippen LogP contribution in [-0.4, -0.2) is 63.4 Å². The van der Waals surface area contributed by atoms with E-state index < -0.39 is 22.1 Å². The average molecular weight is 439 g/mol. The number of likely N-dealkylation sites (N-methyl/N-ethyl adjacent to an activating group) is 1. The fourth-order valence-corrected chi connectivity index (χ4v) is 4.69.